The number of nitriles is 1. The summed E-state index contributed by atoms with van der Waals surface area (Å²) >= 11 is 0. The van der Waals surface area contributed by atoms with Crippen LogP contribution in [0.25, 0.3) is 0 Å². The van der Waals surface area contributed by atoms with Crippen LogP contribution in [0.1, 0.15) is 11.1 Å². The van der Waals surface area contributed by atoms with Crippen LogP contribution in [0.15, 0.2) is 48.5 Å². The van der Waals surface area contributed by atoms with Crippen LogP contribution in [0, 0.1) is 11.3 Å². The minimum Gasteiger partial charge on any atom is -0.378 e. The molecule has 0 radical (unpaired) electrons. The second kappa shape index (κ2) is 6.58. The van der Waals surface area contributed by atoms with Crippen molar-refractivity contribution in [1.82, 2.24) is 0 Å². The van der Waals surface area contributed by atoms with Gasteiger partial charge in [0, 0.05) is 25.5 Å². The molecule has 0 spiro atoms. The molecule has 0 aliphatic carbocycles. The van der Waals surface area contributed by atoms with E-state index in [1.165, 1.54) is 0 Å². The highest BCUT2D eigenvalue weighted by molar-refractivity contribution is 5.92. The van der Waals surface area contributed by atoms with Crippen LogP contribution >= 0.6 is 0 Å². The van der Waals surface area contributed by atoms with Crippen LogP contribution in [0.2, 0.25) is 0 Å². The maximum atomic E-state index is 12.0. The monoisotopic (exact) mass is 279 g/mol. The number of anilines is 2. The van der Waals surface area contributed by atoms with Crippen molar-refractivity contribution >= 4 is 17.3 Å². The third-order valence-corrected chi connectivity index (χ3v) is 3.12. The minimum atomic E-state index is -0.0719. The first-order chi connectivity index (χ1) is 10.1. The molecule has 0 aliphatic heterocycles. The Morgan fingerprint density at radius 3 is 2.24 bits per heavy atom. The van der Waals surface area contributed by atoms with E-state index in [9.17, 15) is 4.79 Å². The summed E-state index contributed by atoms with van der Waals surface area (Å²) in [5.74, 6) is -0.0719. The smallest absolute Gasteiger partial charge is 0.228 e. The molecule has 0 aromatic heterocycles. The molecule has 0 fully saturated rings. The predicted octanol–water partition coefficient (Wildman–Crippen LogP) is 2.81. The van der Waals surface area contributed by atoms with E-state index in [4.69, 9.17) is 5.26 Å². The summed E-state index contributed by atoms with van der Waals surface area (Å²) in [5.41, 5.74) is 3.34. The molecular weight excluding hydrogens is 262 g/mol. The van der Waals surface area contributed by atoms with E-state index in [-0.39, 0.29) is 5.91 Å². The Morgan fingerprint density at radius 2 is 1.71 bits per heavy atom. The van der Waals surface area contributed by atoms with Gasteiger partial charge < -0.3 is 10.2 Å². The third-order valence-electron chi connectivity index (χ3n) is 3.12. The van der Waals surface area contributed by atoms with Gasteiger partial charge in [0.2, 0.25) is 5.91 Å². The van der Waals surface area contributed by atoms with E-state index in [2.05, 4.69) is 11.4 Å². The average molecular weight is 279 g/mol. The zero-order valence-corrected chi connectivity index (χ0v) is 12.1. The van der Waals surface area contributed by atoms with E-state index in [1.54, 1.807) is 24.3 Å². The number of amides is 1. The molecule has 0 aliphatic rings. The van der Waals surface area contributed by atoms with Gasteiger partial charge in [-0.25, -0.2) is 0 Å². The SMILES string of the molecule is CN(C)c1ccc(NC(=O)Cc2ccc(C#N)cc2)cc1. The van der Waals surface area contributed by atoms with Crippen molar-refractivity contribution in [3.63, 3.8) is 0 Å². The summed E-state index contributed by atoms with van der Waals surface area (Å²) in [6.45, 7) is 0. The van der Waals surface area contributed by atoms with Crippen LogP contribution in [0.5, 0.6) is 0 Å². The highest BCUT2D eigenvalue weighted by Crippen LogP contribution is 2.16. The Bertz CT molecular complexity index is 652. The predicted molar refractivity (Wildman–Crippen MR) is 84.3 cm³/mol. The molecule has 0 bridgehead atoms. The van der Waals surface area contributed by atoms with Gasteiger partial charge in [-0.05, 0) is 42.0 Å². The normalized spacial score (nSPS) is 9.76. The number of nitrogens with one attached hydrogen (secondary N) is 1. The molecule has 106 valence electrons. The maximum Gasteiger partial charge on any atom is 0.228 e. The lowest BCUT2D eigenvalue weighted by atomic mass is 10.1. The van der Waals surface area contributed by atoms with E-state index < -0.39 is 0 Å². The molecule has 1 amide bonds. The third kappa shape index (κ3) is 4.08. The number of carbonyl (C=O) groups is 1. The molecule has 4 nitrogen and oxygen atoms in total. The standard InChI is InChI=1S/C17H17N3O/c1-20(2)16-9-7-15(8-10-16)19-17(21)11-13-3-5-14(12-18)6-4-13/h3-10H,11H2,1-2H3,(H,19,21). The number of benzene rings is 2. The molecule has 2 aromatic rings. The zero-order chi connectivity index (χ0) is 15.2. The van der Waals surface area contributed by atoms with Gasteiger partial charge in [0.25, 0.3) is 0 Å². The fourth-order valence-corrected chi connectivity index (χ4v) is 1.93. The van der Waals surface area contributed by atoms with Crippen LogP contribution in [-0.2, 0) is 11.2 Å². The van der Waals surface area contributed by atoms with Crippen molar-refractivity contribution in [3.8, 4) is 6.07 Å². The topological polar surface area (TPSA) is 56.1 Å². The van der Waals surface area contributed by atoms with Crippen LogP contribution in [0.3, 0.4) is 0 Å². The molecule has 21 heavy (non-hydrogen) atoms. The first-order valence-electron chi connectivity index (χ1n) is 6.65. The Morgan fingerprint density at radius 1 is 1.10 bits per heavy atom. The lowest BCUT2D eigenvalue weighted by Gasteiger charge is -2.13. The quantitative estimate of drug-likeness (QED) is 0.936. The van der Waals surface area contributed by atoms with Gasteiger partial charge in [0.05, 0.1) is 18.1 Å². The summed E-state index contributed by atoms with van der Waals surface area (Å²) in [4.78, 5) is 14.0. The van der Waals surface area contributed by atoms with Crippen molar-refractivity contribution in [1.29, 1.82) is 5.26 Å². The molecule has 2 rings (SSSR count). The average Bonchev–Trinajstić information content (AvgIpc) is 2.48. The van der Waals surface area contributed by atoms with Crippen molar-refractivity contribution in [3.05, 3.63) is 59.7 Å². The summed E-state index contributed by atoms with van der Waals surface area (Å²) < 4.78 is 0. The van der Waals surface area contributed by atoms with Gasteiger partial charge in [-0.3, -0.25) is 4.79 Å². The molecule has 0 saturated heterocycles. The number of nitrogens with zero attached hydrogens (tertiary/aromatic N) is 2. The summed E-state index contributed by atoms with van der Waals surface area (Å²) in [6.07, 6.45) is 0.293. The summed E-state index contributed by atoms with van der Waals surface area (Å²) in [7, 11) is 3.94. The van der Waals surface area contributed by atoms with E-state index in [0.717, 1.165) is 16.9 Å². The molecule has 1 N–H and O–H groups in total. The van der Waals surface area contributed by atoms with Gasteiger partial charge in [-0.2, -0.15) is 5.26 Å². The Hall–Kier alpha value is -2.80. The van der Waals surface area contributed by atoms with Gasteiger partial charge in [-0.1, -0.05) is 12.1 Å². The number of rotatable bonds is 4. The van der Waals surface area contributed by atoms with Gasteiger partial charge >= 0.3 is 0 Å². The van der Waals surface area contributed by atoms with E-state index >= 15 is 0 Å². The van der Waals surface area contributed by atoms with Gasteiger partial charge in [-0.15, -0.1) is 0 Å². The minimum absolute atomic E-state index is 0.0719. The van der Waals surface area contributed by atoms with Crippen LogP contribution in [0.4, 0.5) is 11.4 Å². The van der Waals surface area contributed by atoms with Gasteiger partial charge in [0.1, 0.15) is 0 Å². The molecular formula is C17H17N3O. The van der Waals surface area contributed by atoms with Gasteiger partial charge in [0.15, 0.2) is 0 Å². The van der Waals surface area contributed by atoms with E-state index in [0.29, 0.717) is 12.0 Å². The molecule has 4 heteroatoms. The fraction of sp³-hybridized carbons (Fsp3) is 0.176. The maximum absolute atomic E-state index is 12.0. The Kier molecular flexibility index (Phi) is 4.57. The number of hydrogen-bond acceptors (Lipinski definition) is 3. The number of hydrogen-bond donors (Lipinski definition) is 1. The molecule has 0 unspecified atom stereocenters. The van der Waals surface area contributed by atoms with Crippen molar-refractivity contribution < 1.29 is 4.79 Å². The van der Waals surface area contributed by atoms with Crippen LogP contribution < -0.4 is 10.2 Å². The number of carbonyl (C=O) groups excluding carboxylic acids is 1. The molecule has 2 aromatic carbocycles. The second-order valence-corrected chi connectivity index (χ2v) is 4.97. The molecule has 0 atom stereocenters. The molecule has 0 heterocycles. The highest BCUT2D eigenvalue weighted by atomic mass is 16.1. The highest BCUT2D eigenvalue weighted by Gasteiger charge is 2.05. The molecule has 0 saturated carbocycles. The largest absolute Gasteiger partial charge is 0.378 e. The zero-order valence-electron chi connectivity index (χ0n) is 12.1. The first kappa shape index (κ1) is 14.6. The first-order valence-corrected chi connectivity index (χ1v) is 6.65. The Labute approximate surface area is 124 Å². The second-order valence-electron chi connectivity index (χ2n) is 4.97. The Balaban J connectivity index is 1.96. The van der Waals surface area contributed by atoms with Crippen molar-refractivity contribution in [2.24, 2.45) is 0 Å². The lowest BCUT2D eigenvalue weighted by Crippen LogP contribution is -2.14. The van der Waals surface area contributed by atoms with Crippen molar-refractivity contribution in [2.45, 2.75) is 6.42 Å². The summed E-state index contributed by atoms with van der Waals surface area (Å²) in [5, 5.41) is 11.6. The summed E-state index contributed by atoms with van der Waals surface area (Å²) in [6, 6.07) is 16.8. The van der Waals surface area contributed by atoms with Crippen LogP contribution in [-0.4, -0.2) is 20.0 Å². The lowest BCUT2D eigenvalue weighted by molar-refractivity contribution is -0.115. The van der Waals surface area contributed by atoms with E-state index in [1.807, 2.05) is 43.3 Å². The van der Waals surface area contributed by atoms with Crippen molar-refractivity contribution in [2.75, 3.05) is 24.3 Å². The fourth-order valence-electron chi connectivity index (χ4n) is 1.93.